The summed E-state index contributed by atoms with van der Waals surface area (Å²) >= 11 is 0. The van der Waals surface area contributed by atoms with Crippen LogP contribution in [0.2, 0.25) is 0 Å². The molecule has 0 spiro atoms. The summed E-state index contributed by atoms with van der Waals surface area (Å²) < 4.78 is 0. The first-order valence-corrected chi connectivity index (χ1v) is 5.18. The van der Waals surface area contributed by atoms with E-state index in [0.29, 0.717) is 6.42 Å². The highest BCUT2D eigenvalue weighted by molar-refractivity contribution is 5.96. The summed E-state index contributed by atoms with van der Waals surface area (Å²) in [5, 5.41) is 9.20. The Morgan fingerprint density at radius 1 is 1.50 bits per heavy atom. The maximum absolute atomic E-state index is 12.0. The molecule has 2 aliphatic carbocycles. The van der Waals surface area contributed by atoms with E-state index >= 15 is 0 Å². The molecular weight excluding hydrogens is 180 g/mol. The van der Waals surface area contributed by atoms with Gasteiger partial charge < -0.3 is 5.11 Å². The van der Waals surface area contributed by atoms with E-state index in [0.717, 1.165) is 19.3 Å². The van der Waals surface area contributed by atoms with Crippen LogP contribution in [0.4, 0.5) is 0 Å². The third kappa shape index (κ3) is 0.983. The van der Waals surface area contributed by atoms with E-state index in [2.05, 4.69) is 0 Å². The van der Waals surface area contributed by atoms with Crippen LogP contribution in [0.15, 0.2) is 0 Å². The van der Waals surface area contributed by atoms with Crippen molar-refractivity contribution < 1.29 is 14.7 Å². The molecule has 2 saturated carbocycles. The summed E-state index contributed by atoms with van der Waals surface area (Å²) in [6, 6.07) is 0. The molecule has 2 bridgehead atoms. The Morgan fingerprint density at radius 2 is 2.14 bits per heavy atom. The van der Waals surface area contributed by atoms with E-state index in [1.807, 2.05) is 6.92 Å². The molecule has 0 amide bonds. The minimum absolute atomic E-state index is 0.189. The van der Waals surface area contributed by atoms with Gasteiger partial charge in [0.05, 0.1) is 5.41 Å². The van der Waals surface area contributed by atoms with Crippen molar-refractivity contribution in [3.8, 4) is 0 Å². The molecule has 1 N–H and O–H groups in total. The fourth-order valence-corrected chi connectivity index (χ4v) is 3.31. The molecule has 0 aromatic carbocycles. The van der Waals surface area contributed by atoms with Gasteiger partial charge in [0.25, 0.3) is 0 Å². The van der Waals surface area contributed by atoms with Crippen molar-refractivity contribution in [1.82, 2.24) is 0 Å². The van der Waals surface area contributed by atoms with Crippen molar-refractivity contribution in [2.45, 2.75) is 39.5 Å². The number of carboxylic acid groups (broad SMARTS) is 1. The molecule has 3 atom stereocenters. The van der Waals surface area contributed by atoms with Gasteiger partial charge >= 0.3 is 5.97 Å². The van der Waals surface area contributed by atoms with Gasteiger partial charge in [-0.05, 0) is 26.2 Å². The number of fused-ring (bicyclic) bond motifs is 2. The van der Waals surface area contributed by atoms with Crippen LogP contribution in [0, 0.1) is 16.7 Å². The largest absolute Gasteiger partial charge is 0.481 e. The van der Waals surface area contributed by atoms with Gasteiger partial charge in [-0.1, -0.05) is 13.3 Å². The molecule has 0 heterocycles. The molecule has 78 valence electrons. The molecule has 0 unspecified atom stereocenters. The van der Waals surface area contributed by atoms with E-state index in [-0.39, 0.29) is 17.1 Å². The zero-order valence-electron chi connectivity index (χ0n) is 8.67. The highest BCUT2D eigenvalue weighted by Gasteiger charge is 2.61. The normalized spacial score (nSPS) is 46.7. The summed E-state index contributed by atoms with van der Waals surface area (Å²) in [5.41, 5.74) is -1.15. The zero-order chi connectivity index (χ0) is 10.6. The first-order chi connectivity index (χ1) is 6.40. The van der Waals surface area contributed by atoms with Crippen LogP contribution in [0.3, 0.4) is 0 Å². The molecule has 2 rings (SSSR count). The van der Waals surface area contributed by atoms with E-state index in [1.54, 1.807) is 6.92 Å². The molecule has 0 saturated heterocycles. The molecule has 3 heteroatoms. The number of hydrogen-bond donors (Lipinski definition) is 1. The lowest BCUT2D eigenvalue weighted by molar-refractivity contribution is -0.151. The number of carbonyl (C=O) groups excluding carboxylic acids is 1. The minimum Gasteiger partial charge on any atom is -0.481 e. The van der Waals surface area contributed by atoms with E-state index in [9.17, 15) is 14.7 Å². The van der Waals surface area contributed by atoms with Gasteiger partial charge in [-0.25, -0.2) is 0 Å². The van der Waals surface area contributed by atoms with Crippen molar-refractivity contribution >= 4 is 11.8 Å². The molecule has 0 aromatic rings. The Bertz CT molecular complexity index is 310. The van der Waals surface area contributed by atoms with Crippen LogP contribution in [0.1, 0.15) is 39.5 Å². The summed E-state index contributed by atoms with van der Waals surface area (Å²) in [7, 11) is 0. The first kappa shape index (κ1) is 9.69. The van der Waals surface area contributed by atoms with Gasteiger partial charge in [-0.15, -0.1) is 0 Å². The maximum atomic E-state index is 12.0. The number of ketones is 1. The van der Waals surface area contributed by atoms with Gasteiger partial charge in [-0.3, -0.25) is 9.59 Å². The summed E-state index contributed by atoms with van der Waals surface area (Å²) in [6.07, 6.45) is 3.15. The van der Waals surface area contributed by atoms with Crippen LogP contribution < -0.4 is 0 Å². The van der Waals surface area contributed by atoms with E-state index in [4.69, 9.17) is 0 Å². The predicted octanol–water partition coefficient (Wildman–Crippen LogP) is 1.86. The molecule has 0 radical (unpaired) electrons. The highest BCUT2D eigenvalue weighted by Crippen LogP contribution is 2.57. The molecule has 0 aromatic heterocycles. The lowest BCUT2D eigenvalue weighted by atomic mass is 9.75. The first-order valence-electron chi connectivity index (χ1n) is 5.18. The second-order valence-corrected chi connectivity index (χ2v) is 5.27. The smallest absolute Gasteiger partial charge is 0.310 e. The molecule has 3 nitrogen and oxygen atoms in total. The Hall–Kier alpha value is -0.860. The van der Waals surface area contributed by atoms with Crippen LogP contribution in [-0.4, -0.2) is 16.9 Å². The number of Topliss-reactive ketones (excluding diaryl/α,β-unsaturated/α-hetero) is 1. The quantitative estimate of drug-likeness (QED) is 0.696. The van der Waals surface area contributed by atoms with Gasteiger partial charge in [0.15, 0.2) is 0 Å². The second-order valence-electron chi connectivity index (χ2n) is 5.27. The topological polar surface area (TPSA) is 54.4 Å². The third-order valence-corrected chi connectivity index (χ3v) is 4.15. The van der Waals surface area contributed by atoms with Gasteiger partial charge in [-0.2, -0.15) is 0 Å². The number of rotatable bonds is 1. The average Bonchev–Trinajstić information content (AvgIpc) is 2.23. The average molecular weight is 196 g/mol. The predicted molar refractivity (Wildman–Crippen MR) is 50.8 cm³/mol. The SMILES string of the molecule is C[C@@]12CCC[C@@H](C1=O)[C@](C)(C(=O)O)C2. The zero-order valence-corrected chi connectivity index (χ0v) is 8.67. The third-order valence-electron chi connectivity index (χ3n) is 4.15. The molecule has 2 aliphatic rings. The molecule has 2 fully saturated rings. The summed E-state index contributed by atoms with van der Waals surface area (Å²) in [6.45, 7) is 3.66. The van der Waals surface area contributed by atoms with Crippen molar-refractivity contribution in [2.24, 2.45) is 16.7 Å². The number of aliphatic carboxylic acids is 1. The Balaban J connectivity index is 2.43. The highest BCUT2D eigenvalue weighted by atomic mass is 16.4. The number of carbonyl (C=O) groups is 2. The molecular formula is C11H16O3. The maximum Gasteiger partial charge on any atom is 0.310 e. The summed E-state index contributed by atoms with van der Waals surface area (Å²) in [4.78, 5) is 23.2. The van der Waals surface area contributed by atoms with Crippen LogP contribution in [0.5, 0.6) is 0 Å². The lowest BCUT2D eigenvalue weighted by Crippen LogP contribution is -2.35. The standard InChI is InChI=1S/C11H16O3/c1-10-5-3-4-7(8(10)12)11(2,6-10)9(13)14/h7H,3-6H2,1-2H3,(H,13,14)/t7-,10-,11+/m0/s1. The fraction of sp³-hybridized carbons (Fsp3) is 0.818. The van der Waals surface area contributed by atoms with E-state index < -0.39 is 11.4 Å². The summed E-state index contributed by atoms with van der Waals surface area (Å²) in [5.74, 6) is -0.853. The lowest BCUT2D eigenvalue weighted by Gasteiger charge is -2.27. The molecule has 0 aliphatic heterocycles. The Kier molecular flexibility index (Phi) is 1.79. The monoisotopic (exact) mass is 196 g/mol. The van der Waals surface area contributed by atoms with Crippen molar-refractivity contribution in [3.63, 3.8) is 0 Å². The van der Waals surface area contributed by atoms with Crippen molar-refractivity contribution in [3.05, 3.63) is 0 Å². The molecule has 14 heavy (non-hydrogen) atoms. The van der Waals surface area contributed by atoms with Gasteiger partial charge in [0.2, 0.25) is 0 Å². The minimum atomic E-state index is -0.804. The number of hydrogen-bond acceptors (Lipinski definition) is 2. The Labute approximate surface area is 83.5 Å². The van der Waals surface area contributed by atoms with Gasteiger partial charge in [0, 0.05) is 11.3 Å². The van der Waals surface area contributed by atoms with E-state index in [1.165, 1.54) is 0 Å². The number of carboxylic acids is 1. The van der Waals surface area contributed by atoms with Crippen LogP contribution >= 0.6 is 0 Å². The fourth-order valence-electron chi connectivity index (χ4n) is 3.31. The second kappa shape index (κ2) is 2.59. The van der Waals surface area contributed by atoms with Crippen molar-refractivity contribution in [1.29, 1.82) is 0 Å². The van der Waals surface area contributed by atoms with Crippen LogP contribution in [-0.2, 0) is 9.59 Å². The van der Waals surface area contributed by atoms with Crippen molar-refractivity contribution in [2.75, 3.05) is 0 Å². The Morgan fingerprint density at radius 3 is 2.64 bits per heavy atom. The van der Waals surface area contributed by atoms with Crippen LogP contribution in [0.25, 0.3) is 0 Å². The van der Waals surface area contributed by atoms with Gasteiger partial charge in [0.1, 0.15) is 5.78 Å².